The summed E-state index contributed by atoms with van der Waals surface area (Å²) < 4.78 is 0. The van der Waals surface area contributed by atoms with Crippen LogP contribution in [0.3, 0.4) is 0 Å². The highest BCUT2D eigenvalue weighted by atomic mass is 127. The summed E-state index contributed by atoms with van der Waals surface area (Å²) in [6, 6.07) is 6.66. The lowest BCUT2D eigenvalue weighted by Crippen LogP contribution is -2.39. The van der Waals surface area contributed by atoms with Crippen molar-refractivity contribution in [1.29, 1.82) is 0 Å². The van der Waals surface area contributed by atoms with E-state index in [9.17, 15) is 0 Å². The van der Waals surface area contributed by atoms with Crippen molar-refractivity contribution in [3.63, 3.8) is 0 Å². The van der Waals surface area contributed by atoms with Crippen LogP contribution in [0.15, 0.2) is 23.2 Å². The minimum atomic E-state index is 0. The maximum absolute atomic E-state index is 6.13. The fourth-order valence-corrected chi connectivity index (χ4v) is 3.78. The first kappa shape index (κ1) is 22.1. The number of halogens is 3. The van der Waals surface area contributed by atoms with Crippen molar-refractivity contribution in [2.45, 2.75) is 38.8 Å². The summed E-state index contributed by atoms with van der Waals surface area (Å²) in [5, 5.41) is 4.59. The maximum Gasteiger partial charge on any atom is 0.193 e. The average molecular weight is 511 g/mol. The van der Waals surface area contributed by atoms with Gasteiger partial charge in [0.25, 0.3) is 0 Å². The van der Waals surface area contributed by atoms with Gasteiger partial charge in [0, 0.05) is 39.3 Å². The maximum atomic E-state index is 6.13. The molecule has 1 saturated carbocycles. The van der Waals surface area contributed by atoms with Crippen LogP contribution in [0.2, 0.25) is 10.0 Å². The number of hydrogen-bond donors (Lipinski definition) is 1. The summed E-state index contributed by atoms with van der Waals surface area (Å²) >= 11 is 12.1. The van der Waals surface area contributed by atoms with Crippen molar-refractivity contribution >= 4 is 53.1 Å². The second kappa shape index (κ2) is 10.3. The highest BCUT2D eigenvalue weighted by Gasteiger charge is 2.34. The molecule has 4 nitrogen and oxygen atoms in total. The Kier molecular flexibility index (Phi) is 8.77. The predicted molar refractivity (Wildman–Crippen MR) is 122 cm³/mol. The van der Waals surface area contributed by atoms with E-state index in [-0.39, 0.29) is 24.0 Å². The Morgan fingerprint density at radius 1 is 1.27 bits per heavy atom. The summed E-state index contributed by atoms with van der Waals surface area (Å²) in [6.45, 7) is 7.08. The Morgan fingerprint density at radius 3 is 2.69 bits per heavy atom. The Hall–Kier alpha value is -0.240. The van der Waals surface area contributed by atoms with E-state index in [0.29, 0.717) is 16.0 Å². The second-order valence-electron chi connectivity index (χ2n) is 7.18. The van der Waals surface area contributed by atoms with Crippen LogP contribution in [0.5, 0.6) is 0 Å². The predicted octanol–water partition coefficient (Wildman–Crippen LogP) is 4.49. The van der Waals surface area contributed by atoms with E-state index in [1.807, 2.05) is 18.2 Å². The van der Waals surface area contributed by atoms with E-state index in [4.69, 9.17) is 28.2 Å². The summed E-state index contributed by atoms with van der Waals surface area (Å²) in [7, 11) is 2.06. The Morgan fingerprint density at radius 2 is 2.04 bits per heavy atom. The highest BCUT2D eigenvalue weighted by molar-refractivity contribution is 14.0. The third kappa shape index (κ3) is 6.14. The fourth-order valence-electron chi connectivity index (χ4n) is 3.45. The summed E-state index contributed by atoms with van der Waals surface area (Å²) in [4.78, 5) is 9.69. The molecule has 26 heavy (non-hydrogen) atoms. The molecule has 2 aliphatic rings. The zero-order valence-corrected chi connectivity index (χ0v) is 19.4. The van der Waals surface area contributed by atoms with Crippen LogP contribution in [0, 0.1) is 5.92 Å². The number of hydrogen-bond acceptors (Lipinski definition) is 2. The lowest BCUT2D eigenvalue weighted by atomic mass is 10.1. The number of benzene rings is 1. The molecule has 1 aliphatic heterocycles. The van der Waals surface area contributed by atoms with Crippen molar-refractivity contribution in [2.75, 3.05) is 33.2 Å². The molecule has 3 rings (SSSR count). The van der Waals surface area contributed by atoms with E-state index in [0.717, 1.165) is 37.2 Å². The van der Waals surface area contributed by atoms with Gasteiger partial charge in [-0.1, -0.05) is 29.3 Å². The molecule has 0 spiro atoms. The standard InChI is InChI=1S/C19H28Cl2N4.HI/c1-3-22-19(23-11-15-8-9-25(13-15)16-5-6-16)24(2)12-14-4-7-17(20)18(21)10-14;/h4,7,10,15-16H,3,5-6,8-9,11-13H2,1-2H3,(H,22,23);1H. The van der Waals surface area contributed by atoms with Crippen LogP contribution in [0.25, 0.3) is 0 Å². The lowest BCUT2D eigenvalue weighted by molar-refractivity contribution is 0.315. The number of likely N-dealkylation sites (tertiary alicyclic amines) is 1. The molecule has 1 aromatic carbocycles. The van der Waals surface area contributed by atoms with Crippen LogP contribution in [-0.2, 0) is 6.54 Å². The minimum absolute atomic E-state index is 0. The summed E-state index contributed by atoms with van der Waals surface area (Å²) in [5.74, 6) is 1.64. The topological polar surface area (TPSA) is 30.9 Å². The SMILES string of the molecule is CCNC(=NCC1CCN(C2CC2)C1)N(C)Cc1ccc(Cl)c(Cl)c1.I. The quantitative estimate of drug-likeness (QED) is 0.347. The third-order valence-corrected chi connectivity index (χ3v) is 5.72. The molecule has 1 N–H and O–H groups in total. The van der Waals surface area contributed by atoms with Crippen molar-refractivity contribution in [3.05, 3.63) is 33.8 Å². The van der Waals surface area contributed by atoms with Crippen molar-refractivity contribution in [1.82, 2.24) is 15.1 Å². The first-order valence-electron chi connectivity index (χ1n) is 9.24. The van der Waals surface area contributed by atoms with Crippen molar-refractivity contribution in [3.8, 4) is 0 Å². The van der Waals surface area contributed by atoms with Crippen LogP contribution in [-0.4, -0.2) is 55.0 Å². The molecule has 1 heterocycles. The number of aliphatic imine (C=N–C) groups is 1. The molecule has 1 aliphatic carbocycles. The molecule has 0 amide bonds. The molecule has 7 heteroatoms. The van der Waals surface area contributed by atoms with Gasteiger partial charge in [0.15, 0.2) is 5.96 Å². The zero-order chi connectivity index (χ0) is 17.8. The molecule has 146 valence electrons. The smallest absolute Gasteiger partial charge is 0.193 e. The largest absolute Gasteiger partial charge is 0.357 e. The van der Waals surface area contributed by atoms with E-state index in [2.05, 4.69) is 29.1 Å². The van der Waals surface area contributed by atoms with Gasteiger partial charge in [-0.05, 0) is 56.3 Å². The van der Waals surface area contributed by atoms with Gasteiger partial charge in [-0.25, -0.2) is 0 Å². The first-order valence-corrected chi connectivity index (χ1v) is 9.99. The van der Waals surface area contributed by atoms with Crippen LogP contribution in [0.1, 0.15) is 31.7 Å². The minimum Gasteiger partial charge on any atom is -0.357 e. The molecule has 1 aromatic rings. The van der Waals surface area contributed by atoms with Crippen LogP contribution >= 0.6 is 47.2 Å². The number of guanidine groups is 1. The van der Waals surface area contributed by atoms with Gasteiger partial charge in [-0.15, -0.1) is 24.0 Å². The molecule has 0 aromatic heterocycles. The Balaban J connectivity index is 0.00000243. The summed E-state index contributed by atoms with van der Waals surface area (Å²) in [6.07, 6.45) is 4.06. The molecule has 0 bridgehead atoms. The third-order valence-electron chi connectivity index (χ3n) is 4.98. The van der Waals surface area contributed by atoms with Crippen molar-refractivity contribution < 1.29 is 0 Å². The lowest BCUT2D eigenvalue weighted by Gasteiger charge is -2.23. The van der Waals surface area contributed by atoms with Gasteiger partial charge in [0.1, 0.15) is 0 Å². The second-order valence-corrected chi connectivity index (χ2v) is 7.99. The highest BCUT2D eigenvalue weighted by Crippen LogP contribution is 2.31. The normalized spacial score (nSPS) is 20.8. The van der Waals surface area contributed by atoms with E-state index in [1.54, 1.807) is 0 Å². The fraction of sp³-hybridized carbons (Fsp3) is 0.632. The van der Waals surface area contributed by atoms with E-state index in [1.165, 1.54) is 32.4 Å². The van der Waals surface area contributed by atoms with Gasteiger partial charge in [-0.2, -0.15) is 0 Å². The van der Waals surface area contributed by atoms with Gasteiger partial charge in [-0.3, -0.25) is 4.99 Å². The zero-order valence-electron chi connectivity index (χ0n) is 15.5. The summed E-state index contributed by atoms with van der Waals surface area (Å²) in [5.41, 5.74) is 1.13. The van der Waals surface area contributed by atoms with Gasteiger partial charge < -0.3 is 15.1 Å². The first-order chi connectivity index (χ1) is 12.1. The molecule has 1 saturated heterocycles. The van der Waals surface area contributed by atoms with Gasteiger partial charge in [0.05, 0.1) is 10.0 Å². The number of nitrogens with zero attached hydrogens (tertiary/aromatic N) is 3. The average Bonchev–Trinajstić information content (AvgIpc) is 3.33. The molecule has 2 fully saturated rings. The Bertz CT molecular complexity index is 622. The molecule has 0 radical (unpaired) electrons. The molecule has 1 unspecified atom stereocenters. The monoisotopic (exact) mass is 510 g/mol. The van der Waals surface area contributed by atoms with Crippen molar-refractivity contribution in [2.24, 2.45) is 10.9 Å². The van der Waals surface area contributed by atoms with Crippen LogP contribution in [0.4, 0.5) is 0 Å². The van der Waals surface area contributed by atoms with E-state index >= 15 is 0 Å². The number of nitrogens with one attached hydrogen (secondary N) is 1. The van der Waals surface area contributed by atoms with E-state index < -0.39 is 0 Å². The van der Waals surface area contributed by atoms with Gasteiger partial charge in [0.2, 0.25) is 0 Å². The molecular weight excluding hydrogens is 482 g/mol. The molecule has 1 atom stereocenters. The Labute approximate surface area is 184 Å². The number of rotatable bonds is 6. The molecular formula is C19H29Cl2IN4. The van der Waals surface area contributed by atoms with Gasteiger partial charge >= 0.3 is 0 Å². The van der Waals surface area contributed by atoms with Crippen LogP contribution < -0.4 is 5.32 Å².